The van der Waals surface area contributed by atoms with E-state index in [1.807, 2.05) is 32.6 Å². The van der Waals surface area contributed by atoms with Gasteiger partial charge in [-0.2, -0.15) is 4.98 Å². The maximum absolute atomic E-state index is 15.0. The van der Waals surface area contributed by atoms with Crippen molar-refractivity contribution in [3.05, 3.63) is 105 Å². The van der Waals surface area contributed by atoms with Crippen LogP contribution in [0.1, 0.15) is 37.9 Å². The summed E-state index contributed by atoms with van der Waals surface area (Å²) in [5.41, 5.74) is 1.76. The Balaban J connectivity index is 1.40. The molecule has 1 aliphatic heterocycles. The SMILES string of the molecule is Cc1ccnc(C(C)C)c1-n1c(=O)nc(N2CCN(C(=O)COc3c(F)cc(F)cc3F)C[C@@H]2C)c2cc(Cl)c(-c3ccccc3F)nc21. The van der Waals surface area contributed by atoms with Gasteiger partial charge < -0.3 is 14.5 Å². The van der Waals surface area contributed by atoms with Gasteiger partial charge in [0.05, 0.1) is 27.5 Å². The molecule has 1 fully saturated rings. The lowest BCUT2D eigenvalue weighted by Crippen LogP contribution is -2.55. The van der Waals surface area contributed by atoms with Gasteiger partial charge in [-0.25, -0.2) is 31.9 Å². The molecule has 0 spiro atoms. The molecule has 14 heteroatoms. The first kappa shape index (κ1) is 33.8. The van der Waals surface area contributed by atoms with E-state index in [9.17, 15) is 22.8 Å². The van der Waals surface area contributed by atoms with Gasteiger partial charge >= 0.3 is 5.69 Å². The Morgan fingerprint density at radius 3 is 2.41 bits per heavy atom. The monoisotopic (exact) mass is 694 g/mol. The van der Waals surface area contributed by atoms with Crippen molar-refractivity contribution in [2.75, 3.05) is 31.1 Å². The highest BCUT2D eigenvalue weighted by Crippen LogP contribution is 2.36. The Morgan fingerprint density at radius 1 is 1.02 bits per heavy atom. The Kier molecular flexibility index (Phi) is 9.30. The third kappa shape index (κ3) is 6.42. The van der Waals surface area contributed by atoms with Crippen molar-refractivity contribution < 1.29 is 27.1 Å². The first-order valence-corrected chi connectivity index (χ1v) is 15.9. The zero-order valence-electron chi connectivity index (χ0n) is 27.0. The Labute approximate surface area is 283 Å². The molecule has 0 aliphatic carbocycles. The van der Waals surface area contributed by atoms with E-state index in [4.69, 9.17) is 21.3 Å². The van der Waals surface area contributed by atoms with Crippen molar-refractivity contribution in [1.29, 1.82) is 0 Å². The third-order valence-electron chi connectivity index (χ3n) is 8.41. The summed E-state index contributed by atoms with van der Waals surface area (Å²) >= 11 is 6.77. The van der Waals surface area contributed by atoms with Crippen LogP contribution in [-0.2, 0) is 4.79 Å². The van der Waals surface area contributed by atoms with Crippen LogP contribution in [0.25, 0.3) is 28.0 Å². The number of carbonyl (C=O) groups excluding carboxylic acids is 1. The van der Waals surface area contributed by atoms with Crippen LogP contribution >= 0.6 is 11.6 Å². The molecule has 0 saturated carbocycles. The number of carbonyl (C=O) groups is 1. The molecule has 0 N–H and O–H groups in total. The fourth-order valence-corrected chi connectivity index (χ4v) is 6.30. The van der Waals surface area contributed by atoms with Gasteiger partial charge in [-0.05, 0) is 49.6 Å². The Morgan fingerprint density at radius 2 is 1.73 bits per heavy atom. The van der Waals surface area contributed by atoms with Crippen molar-refractivity contribution in [3.63, 3.8) is 0 Å². The molecule has 1 saturated heterocycles. The second-order valence-electron chi connectivity index (χ2n) is 12.1. The number of amides is 1. The number of ether oxygens (including phenoxy) is 1. The number of aromatic nitrogens is 4. The Hall–Kier alpha value is -5.04. The number of benzene rings is 2. The van der Waals surface area contributed by atoms with Gasteiger partial charge in [-0.1, -0.05) is 37.6 Å². The molecule has 254 valence electrons. The number of pyridine rings is 2. The molecule has 5 aromatic rings. The largest absolute Gasteiger partial charge is 0.478 e. The van der Waals surface area contributed by atoms with Crippen molar-refractivity contribution >= 4 is 34.4 Å². The fraction of sp³-hybridized carbons (Fsp3) is 0.286. The summed E-state index contributed by atoms with van der Waals surface area (Å²) in [5, 5.41) is 0.552. The summed E-state index contributed by atoms with van der Waals surface area (Å²) in [6.45, 7) is 7.42. The van der Waals surface area contributed by atoms with Gasteiger partial charge in [-0.3, -0.25) is 9.78 Å². The van der Waals surface area contributed by atoms with Gasteiger partial charge in [0, 0.05) is 49.6 Å². The standard InChI is InChI=1S/C35H31ClF4N6O3/c1-18(2)29-31(19(3)9-10-41-29)46-34-23(15-24(36)30(42-34)22-7-5-6-8-25(22)38)33(43-35(46)48)45-12-11-44(16-20(45)4)28(47)17-49-32-26(39)13-21(37)14-27(32)40/h5-10,13-15,18,20H,11-12,16-17H2,1-4H3/t20-/m0/s1. The summed E-state index contributed by atoms with van der Waals surface area (Å²) in [6.07, 6.45) is 1.67. The maximum Gasteiger partial charge on any atom is 0.355 e. The summed E-state index contributed by atoms with van der Waals surface area (Å²) in [6, 6.07) is 9.98. The number of halogens is 5. The van der Waals surface area contributed by atoms with Gasteiger partial charge in [-0.15, -0.1) is 0 Å². The van der Waals surface area contributed by atoms with E-state index >= 15 is 4.39 Å². The lowest BCUT2D eigenvalue weighted by Gasteiger charge is -2.40. The van der Waals surface area contributed by atoms with E-state index in [2.05, 4.69) is 9.97 Å². The minimum Gasteiger partial charge on any atom is -0.478 e. The average molecular weight is 695 g/mol. The van der Waals surface area contributed by atoms with Gasteiger partial charge in [0.25, 0.3) is 5.91 Å². The normalized spacial score (nSPS) is 14.9. The van der Waals surface area contributed by atoms with Crippen molar-refractivity contribution in [3.8, 4) is 22.7 Å². The van der Waals surface area contributed by atoms with Crippen LogP contribution in [0.15, 0.2) is 59.5 Å². The molecular weight excluding hydrogens is 664 g/mol. The van der Waals surface area contributed by atoms with E-state index in [-0.39, 0.29) is 53.3 Å². The van der Waals surface area contributed by atoms with Crippen LogP contribution in [0.4, 0.5) is 23.4 Å². The molecule has 3 aromatic heterocycles. The summed E-state index contributed by atoms with van der Waals surface area (Å²) < 4.78 is 62.9. The first-order valence-electron chi connectivity index (χ1n) is 15.5. The minimum atomic E-state index is -1.26. The van der Waals surface area contributed by atoms with Crippen LogP contribution in [0.2, 0.25) is 5.02 Å². The quantitative estimate of drug-likeness (QED) is 0.177. The zero-order chi connectivity index (χ0) is 35.1. The number of nitrogens with zero attached hydrogens (tertiary/aromatic N) is 6. The highest BCUT2D eigenvalue weighted by Gasteiger charge is 2.31. The van der Waals surface area contributed by atoms with E-state index in [0.29, 0.717) is 28.9 Å². The highest BCUT2D eigenvalue weighted by atomic mass is 35.5. The molecule has 1 atom stereocenters. The molecule has 9 nitrogen and oxygen atoms in total. The Bertz CT molecular complexity index is 2140. The second-order valence-corrected chi connectivity index (χ2v) is 12.5. The van der Waals surface area contributed by atoms with Crippen molar-refractivity contribution in [2.45, 2.75) is 39.7 Å². The lowest BCUT2D eigenvalue weighted by molar-refractivity contribution is -0.134. The molecular formula is C35H31ClF4N6O3. The van der Waals surface area contributed by atoms with Crippen LogP contribution in [0.5, 0.6) is 5.75 Å². The van der Waals surface area contributed by atoms with Gasteiger partial charge in [0.2, 0.25) is 0 Å². The highest BCUT2D eigenvalue weighted by molar-refractivity contribution is 6.33. The summed E-state index contributed by atoms with van der Waals surface area (Å²) in [4.78, 5) is 44.3. The average Bonchev–Trinajstić information content (AvgIpc) is 3.04. The van der Waals surface area contributed by atoms with Gasteiger partial charge in [0.15, 0.2) is 29.6 Å². The van der Waals surface area contributed by atoms with Crippen molar-refractivity contribution in [2.24, 2.45) is 0 Å². The second kappa shape index (κ2) is 13.5. The maximum atomic E-state index is 15.0. The molecule has 49 heavy (non-hydrogen) atoms. The van der Waals surface area contributed by atoms with E-state index in [0.717, 1.165) is 5.56 Å². The number of rotatable bonds is 7. The van der Waals surface area contributed by atoms with Crippen LogP contribution < -0.4 is 15.3 Å². The number of hydrogen-bond acceptors (Lipinski definition) is 7. The van der Waals surface area contributed by atoms with Crippen molar-refractivity contribution in [1.82, 2.24) is 24.4 Å². The number of hydrogen-bond donors (Lipinski definition) is 0. The number of anilines is 1. The van der Waals surface area contributed by atoms with E-state index < -0.39 is 53.3 Å². The van der Waals surface area contributed by atoms with E-state index in [1.165, 1.54) is 15.5 Å². The lowest BCUT2D eigenvalue weighted by atomic mass is 10.0. The fourth-order valence-electron chi connectivity index (χ4n) is 6.04. The summed E-state index contributed by atoms with van der Waals surface area (Å²) in [5.74, 6) is -5.36. The van der Waals surface area contributed by atoms with Crippen LogP contribution in [0.3, 0.4) is 0 Å². The minimum absolute atomic E-state index is 0.0690. The molecule has 1 amide bonds. The molecule has 4 heterocycles. The molecule has 0 bridgehead atoms. The number of piperazine rings is 1. The summed E-state index contributed by atoms with van der Waals surface area (Å²) in [7, 11) is 0. The van der Waals surface area contributed by atoms with E-state index in [1.54, 1.807) is 36.5 Å². The van der Waals surface area contributed by atoms with Crippen LogP contribution in [-0.4, -0.2) is 62.6 Å². The molecule has 6 rings (SSSR count). The molecule has 0 unspecified atom stereocenters. The molecule has 0 radical (unpaired) electrons. The zero-order valence-corrected chi connectivity index (χ0v) is 27.7. The third-order valence-corrected chi connectivity index (χ3v) is 8.70. The smallest absolute Gasteiger partial charge is 0.355 e. The topological polar surface area (TPSA) is 93.5 Å². The van der Waals surface area contributed by atoms with Gasteiger partial charge in [0.1, 0.15) is 17.5 Å². The number of aryl methyl sites for hydroxylation is 1. The van der Waals surface area contributed by atoms with Crippen LogP contribution in [0, 0.1) is 30.2 Å². The first-order chi connectivity index (χ1) is 23.3. The molecule has 2 aromatic carbocycles. The predicted octanol–water partition coefficient (Wildman–Crippen LogP) is 6.60. The predicted molar refractivity (Wildman–Crippen MR) is 177 cm³/mol. The molecule has 1 aliphatic rings. The number of fused-ring (bicyclic) bond motifs is 1.